The van der Waals surface area contributed by atoms with Crippen LogP contribution in [-0.4, -0.2) is 63.2 Å². The van der Waals surface area contributed by atoms with Crippen molar-refractivity contribution in [3.8, 4) is 0 Å². The average molecular weight is 451 g/mol. The Hall–Kier alpha value is -2.98. The molecule has 2 aromatic rings. The Labute approximate surface area is 182 Å². The van der Waals surface area contributed by atoms with Crippen LogP contribution in [0.1, 0.15) is 12.5 Å². The maximum Gasteiger partial charge on any atom is 0.304 e. The van der Waals surface area contributed by atoms with Crippen LogP contribution >= 0.6 is 0 Å². The van der Waals surface area contributed by atoms with E-state index in [4.69, 9.17) is 0 Å². The number of halogens is 1. The molecule has 31 heavy (non-hydrogen) atoms. The molecule has 0 aliphatic heterocycles. The number of carbonyl (C=O) groups excluding carboxylic acids is 2. The summed E-state index contributed by atoms with van der Waals surface area (Å²) in [5.74, 6) is -1.83. The van der Waals surface area contributed by atoms with E-state index in [9.17, 15) is 22.4 Å². The molecular formula is C21H27FN4O4S. The second-order valence-electron chi connectivity index (χ2n) is 7.05. The minimum atomic E-state index is -4.19. The number of para-hydroxylation sites is 1. The van der Waals surface area contributed by atoms with E-state index in [1.807, 2.05) is 6.07 Å². The summed E-state index contributed by atoms with van der Waals surface area (Å²) in [6.45, 7) is 0.963. The van der Waals surface area contributed by atoms with Crippen molar-refractivity contribution in [2.45, 2.75) is 19.5 Å². The molecule has 168 valence electrons. The highest BCUT2D eigenvalue weighted by Crippen LogP contribution is 2.23. The van der Waals surface area contributed by atoms with Crippen LogP contribution in [0.2, 0.25) is 0 Å². The van der Waals surface area contributed by atoms with Gasteiger partial charge in [0.05, 0.1) is 5.69 Å². The summed E-state index contributed by atoms with van der Waals surface area (Å²) in [5, 5.41) is 2.50. The molecule has 2 amide bonds. The first kappa shape index (κ1) is 24.3. The summed E-state index contributed by atoms with van der Waals surface area (Å²) in [6, 6.07) is 13.4. The first-order valence-electron chi connectivity index (χ1n) is 9.59. The van der Waals surface area contributed by atoms with Gasteiger partial charge in [0, 0.05) is 27.7 Å². The lowest BCUT2D eigenvalue weighted by atomic mass is 10.1. The van der Waals surface area contributed by atoms with Crippen LogP contribution in [-0.2, 0) is 26.3 Å². The molecular weight excluding hydrogens is 423 g/mol. The first-order chi connectivity index (χ1) is 14.6. The van der Waals surface area contributed by atoms with E-state index in [0.29, 0.717) is 4.31 Å². The van der Waals surface area contributed by atoms with Gasteiger partial charge in [-0.1, -0.05) is 42.5 Å². The van der Waals surface area contributed by atoms with E-state index in [-0.39, 0.29) is 12.2 Å². The lowest BCUT2D eigenvalue weighted by molar-refractivity contribution is -0.139. The van der Waals surface area contributed by atoms with Gasteiger partial charge < -0.3 is 10.2 Å². The van der Waals surface area contributed by atoms with Crippen molar-refractivity contribution in [1.82, 2.24) is 14.5 Å². The number of hydrogen-bond donors (Lipinski definition) is 1. The standard InChI is InChI=1S/C21H27FN4O4S/c1-16(21(28)23-2)25(14-17-10-6-5-7-11-17)20(27)15-26(31(29,30)24(3)4)19-13-9-8-12-18(19)22/h5-13,16H,14-15H2,1-4H3,(H,23,28). The zero-order chi connectivity index (χ0) is 23.2. The number of benzene rings is 2. The molecule has 0 fully saturated rings. The predicted molar refractivity (Wildman–Crippen MR) is 117 cm³/mol. The molecule has 1 unspecified atom stereocenters. The third-order valence-corrected chi connectivity index (χ3v) is 6.56. The highest BCUT2D eigenvalue weighted by molar-refractivity contribution is 7.90. The maximum absolute atomic E-state index is 14.5. The highest BCUT2D eigenvalue weighted by Gasteiger charge is 2.33. The summed E-state index contributed by atoms with van der Waals surface area (Å²) < 4.78 is 41.9. The van der Waals surface area contributed by atoms with Gasteiger partial charge in [0.15, 0.2) is 0 Å². The zero-order valence-electron chi connectivity index (χ0n) is 17.9. The van der Waals surface area contributed by atoms with E-state index in [1.54, 1.807) is 31.2 Å². The molecule has 0 aromatic heterocycles. The average Bonchev–Trinajstić information content (AvgIpc) is 2.75. The Balaban J connectivity index is 2.45. The van der Waals surface area contributed by atoms with E-state index in [0.717, 1.165) is 15.9 Å². The van der Waals surface area contributed by atoms with Gasteiger partial charge in [0.1, 0.15) is 18.4 Å². The highest BCUT2D eigenvalue weighted by atomic mass is 32.2. The Morgan fingerprint density at radius 3 is 2.16 bits per heavy atom. The molecule has 1 N–H and O–H groups in total. The van der Waals surface area contributed by atoms with Gasteiger partial charge in [0.25, 0.3) is 0 Å². The van der Waals surface area contributed by atoms with Gasteiger partial charge in [-0.15, -0.1) is 0 Å². The largest absolute Gasteiger partial charge is 0.357 e. The van der Waals surface area contributed by atoms with Crippen LogP contribution in [0.25, 0.3) is 0 Å². The van der Waals surface area contributed by atoms with E-state index in [1.165, 1.54) is 44.2 Å². The fourth-order valence-electron chi connectivity index (χ4n) is 2.93. The molecule has 0 radical (unpaired) electrons. The number of amides is 2. The van der Waals surface area contributed by atoms with Crippen LogP contribution < -0.4 is 9.62 Å². The number of nitrogens with one attached hydrogen (secondary N) is 1. The molecule has 0 aliphatic rings. The summed E-state index contributed by atoms with van der Waals surface area (Å²) in [6.07, 6.45) is 0. The third-order valence-electron chi connectivity index (χ3n) is 4.75. The number of rotatable bonds is 9. The maximum atomic E-state index is 14.5. The van der Waals surface area contributed by atoms with Crippen LogP contribution in [0, 0.1) is 5.82 Å². The SMILES string of the molecule is CNC(=O)C(C)N(Cc1ccccc1)C(=O)CN(c1ccccc1F)S(=O)(=O)N(C)C. The molecule has 0 bridgehead atoms. The van der Waals surface area contributed by atoms with E-state index >= 15 is 0 Å². The van der Waals surface area contributed by atoms with E-state index in [2.05, 4.69) is 5.32 Å². The molecule has 0 spiro atoms. The molecule has 2 aromatic carbocycles. The van der Waals surface area contributed by atoms with Crippen molar-refractivity contribution in [2.24, 2.45) is 0 Å². The van der Waals surface area contributed by atoms with E-state index < -0.39 is 40.4 Å². The zero-order valence-corrected chi connectivity index (χ0v) is 18.8. The smallest absolute Gasteiger partial charge is 0.304 e. The summed E-state index contributed by atoms with van der Waals surface area (Å²) >= 11 is 0. The van der Waals surface area contributed by atoms with Crippen LogP contribution in [0.4, 0.5) is 10.1 Å². The van der Waals surface area contributed by atoms with Crippen LogP contribution in [0.15, 0.2) is 54.6 Å². The van der Waals surface area contributed by atoms with Crippen molar-refractivity contribution in [3.63, 3.8) is 0 Å². The van der Waals surface area contributed by atoms with Crippen LogP contribution in [0.5, 0.6) is 0 Å². The quantitative estimate of drug-likeness (QED) is 0.629. The lowest BCUT2D eigenvalue weighted by Gasteiger charge is -2.32. The van der Waals surface area contributed by atoms with Crippen molar-refractivity contribution < 1.29 is 22.4 Å². The Morgan fingerprint density at radius 1 is 1.03 bits per heavy atom. The van der Waals surface area contributed by atoms with Crippen molar-refractivity contribution >= 4 is 27.7 Å². The second-order valence-corrected chi connectivity index (χ2v) is 9.11. The molecule has 1 atom stereocenters. The molecule has 0 aliphatic carbocycles. The number of carbonyl (C=O) groups is 2. The second kappa shape index (κ2) is 10.4. The normalized spacial score (nSPS) is 12.3. The van der Waals surface area contributed by atoms with Gasteiger partial charge in [-0.25, -0.2) is 8.70 Å². The van der Waals surface area contributed by atoms with Crippen LogP contribution in [0.3, 0.4) is 0 Å². The van der Waals surface area contributed by atoms with Gasteiger partial charge >= 0.3 is 10.2 Å². The minimum Gasteiger partial charge on any atom is -0.357 e. The summed E-state index contributed by atoms with van der Waals surface area (Å²) in [5.41, 5.74) is 0.510. The van der Waals surface area contributed by atoms with Gasteiger partial charge in [-0.2, -0.15) is 12.7 Å². The van der Waals surface area contributed by atoms with Crippen molar-refractivity contribution in [1.29, 1.82) is 0 Å². The van der Waals surface area contributed by atoms with Gasteiger partial charge in [0.2, 0.25) is 11.8 Å². The number of hydrogen-bond acceptors (Lipinski definition) is 4. The van der Waals surface area contributed by atoms with Gasteiger partial charge in [-0.3, -0.25) is 9.59 Å². The fourth-order valence-corrected chi connectivity index (χ4v) is 3.99. The monoisotopic (exact) mass is 450 g/mol. The number of anilines is 1. The lowest BCUT2D eigenvalue weighted by Crippen LogP contribution is -2.52. The van der Waals surface area contributed by atoms with Crippen molar-refractivity contribution in [2.75, 3.05) is 32.0 Å². The predicted octanol–water partition coefficient (Wildman–Crippen LogP) is 1.60. The molecule has 0 heterocycles. The molecule has 8 nitrogen and oxygen atoms in total. The van der Waals surface area contributed by atoms with Crippen molar-refractivity contribution in [3.05, 3.63) is 66.0 Å². The number of likely N-dealkylation sites (N-methyl/N-ethyl adjacent to an activating group) is 1. The first-order valence-corrected chi connectivity index (χ1v) is 11.0. The summed E-state index contributed by atoms with van der Waals surface area (Å²) in [7, 11) is -0.150. The van der Waals surface area contributed by atoms with Gasteiger partial charge in [-0.05, 0) is 24.6 Å². The minimum absolute atomic E-state index is 0.0847. The molecule has 10 heteroatoms. The molecule has 0 saturated carbocycles. The Kier molecular flexibility index (Phi) is 8.12. The fraction of sp³-hybridized carbons (Fsp3) is 0.333. The Bertz CT molecular complexity index is 1020. The molecule has 2 rings (SSSR count). The summed E-state index contributed by atoms with van der Waals surface area (Å²) in [4.78, 5) is 26.8. The topological polar surface area (TPSA) is 90.0 Å². The third kappa shape index (κ3) is 5.80. The molecule has 0 saturated heterocycles. The Morgan fingerprint density at radius 2 is 1.61 bits per heavy atom. The number of nitrogens with zero attached hydrogens (tertiary/aromatic N) is 3.